The molecule has 3 nitrogen and oxygen atoms in total. The van der Waals surface area contributed by atoms with Crippen LogP contribution in [0.4, 0.5) is 0 Å². The summed E-state index contributed by atoms with van der Waals surface area (Å²) in [7, 11) is 0. The number of nitrogens with zero attached hydrogens (tertiary/aromatic N) is 3. The number of aromatic nitrogens is 3. The zero-order valence-corrected chi connectivity index (χ0v) is 13.2. The number of benzene rings is 2. The van der Waals surface area contributed by atoms with Crippen molar-refractivity contribution in [1.82, 2.24) is 15.0 Å². The van der Waals surface area contributed by atoms with Gasteiger partial charge >= 0.3 is 0 Å². The van der Waals surface area contributed by atoms with Crippen LogP contribution < -0.4 is 0 Å². The van der Waals surface area contributed by atoms with Crippen molar-refractivity contribution >= 4 is 11.6 Å². The van der Waals surface area contributed by atoms with Gasteiger partial charge in [0.15, 0.2) is 0 Å². The van der Waals surface area contributed by atoms with Crippen LogP contribution in [0.3, 0.4) is 0 Å². The maximum Gasteiger partial charge on any atom is 0.0833 e. The molecule has 0 N–H and O–H groups in total. The van der Waals surface area contributed by atoms with E-state index in [-0.39, 0.29) is 0 Å². The van der Waals surface area contributed by atoms with Crippen LogP contribution in [0, 0.1) is 0 Å². The van der Waals surface area contributed by atoms with Gasteiger partial charge in [-0.3, -0.25) is 0 Å². The molecule has 0 aliphatic carbocycles. The van der Waals surface area contributed by atoms with E-state index in [4.69, 9.17) is 11.6 Å². The molecular weight excluding hydrogens is 294 g/mol. The molecule has 0 aliphatic rings. The molecule has 1 unspecified atom stereocenters. The Kier molecular flexibility index (Phi) is 4.54. The largest absolute Gasteiger partial charge is 0.248 e. The maximum absolute atomic E-state index is 5.93. The second-order valence-electron chi connectivity index (χ2n) is 5.55. The normalized spacial score (nSPS) is 12.3. The Morgan fingerprint density at radius 1 is 1.05 bits per heavy atom. The second-order valence-corrected chi connectivity index (χ2v) is 5.99. The van der Waals surface area contributed by atoms with E-state index in [9.17, 15) is 0 Å². The number of hydrogen-bond acceptors (Lipinski definition) is 2. The third-order valence-electron chi connectivity index (χ3n) is 3.73. The monoisotopic (exact) mass is 311 g/mol. The molecule has 0 radical (unpaired) electrons. The van der Waals surface area contributed by atoms with Crippen molar-refractivity contribution in [1.29, 1.82) is 0 Å². The summed E-state index contributed by atoms with van der Waals surface area (Å²) in [6, 6.07) is 18.3. The molecule has 0 bridgehead atoms. The molecule has 3 rings (SSSR count). The lowest BCUT2D eigenvalue weighted by atomic mass is 9.97. The first-order valence-corrected chi connectivity index (χ1v) is 7.77. The topological polar surface area (TPSA) is 30.7 Å². The van der Waals surface area contributed by atoms with Crippen LogP contribution in [-0.4, -0.2) is 15.0 Å². The molecular formula is C18H18ClN3. The van der Waals surface area contributed by atoms with Gasteiger partial charge in [0.25, 0.3) is 0 Å². The summed E-state index contributed by atoms with van der Waals surface area (Å²) >= 11 is 5.93. The summed E-state index contributed by atoms with van der Waals surface area (Å²) in [5.41, 5.74) is 3.50. The van der Waals surface area contributed by atoms with Crippen LogP contribution in [0.1, 0.15) is 29.7 Å². The summed E-state index contributed by atoms with van der Waals surface area (Å²) in [5.74, 6) is 0.388. The Balaban J connectivity index is 1.65. The molecule has 3 aromatic rings. The van der Waals surface area contributed by atoms with Crippen molar-refractivity contribution in [2.75, 3.05) is 0 Å². The molecule has 112 valence electrons. The van der Waals surface area contributed by atoms with Crippen LogP contribution in [0.15, 0.2) is 60.8 Å². The van der Waals surface area contributed by atoms with E-state index in [1.807, 2.05) is 41.2 Å². The number of halogens is 1. The third-order valence-corrected chi connectivity index (χ3v) is 3.98. The van der Waals surface area contributed by atoms with E-state index in [2.05, 4.69) is 41.5 Å². The minimum absolute atomic E-state index is 0.388. The Morgan fingerprint density at radius 3 is 2.50 bits per heavy atom. The molecule has 1 aromatic heterocycles. The SMILES string of the molecule is CC(Cc1cn(Cc2ccccc2)nn1)c1ccc(Cl)cc1. The highest BCUT2D eigenvalue weighted by Gasteiger charge is 2.10. The predicted octanol–water partition coefficient (Wildman–Crippen LogP) is 4.33. The van der Waals surface area contributed by atoms with Crippen LogP contribution >= 0.6 is 11.6 Å². The fourth-order valence-corrected chi connectivity index (χ4v) is 2.63. The maximum atomic E-state index is 5.93. The lowest BCUT2D eigenvalue weighted by Crippen LogP contribution is -2.00. The van der Waals surface area contributed by atoms with E-state index in [0.717, 1.165) is 23.7 Å². The number of rotatable bonds is 5. The fourth-order valence-electron chi connectivity index (χ4n) is 2.50. The Hall–Kier alpha value is -2.13. The van der Waals surface area contributed by atoms with Gasteiger partial charge in [-0.2, -0.15) is 0 Å². The van der Waals surface area contributed by atoms with Crippen molar-refractivity contribution in [3.05, 3.63) is 82.6 Å². The molecule has 0 saturated carbocycles. The van der Waals surface area contributed by atoms with Gasteiger partial charge in [0.2, 0.25) is 0 Å². The fraction of sp³-hybridized carbons (Fsp3) is 0.222. The predicted molar refractivity (Wildman–Crippen MR) is 89.1 cm³/mol. The van der Waals surface area contributed by atoms with E-state index >= 15 is 0 Å². The third kappa shape index (κ3) is 3.74. The van der Waals surface area contributed by atoms with E-state index in [1.165, 1.54) is 11.1 Å². The molecule has 1 heterocycles. The molecule has 2 aromatic carbocycles. The van der Waals surface area contributed by atoms with Gasteiger partial charge in [0, 0.05) is 11.2 Å². The average molecular weight is 312 g/mol. The summed E-state index contributed by atoms with van der Waals surface area (Å²) in [4.78, 5) is 0. The van der Waals surface area contributed by atoms with Gasteiger partial charge in [-0.25, -0.2) is 4.68 Å². The lowest BCUT2D eigenvalue weighted by molar-refractivity contribution is 0.648. The first-order chi connectivity index (χ1) is 10.7. The first kappa shape index (κ1) is 14.8. The second kappa shape index (κ2) is 6.75. The average Bonchev–Trinajstić information content (AvgIpc) is 2.96. The smallest absolute Gasteiger partial charge is 0.0833 e. The highest BCUT2D eigenvalue weighted by molar-refractivity contribution is 6.30. The van der Waals surface area contributed by atoms with Crippen molar-refractivity contribution < 1.29 is 0 Å². The molecule has 1 atom stereocenters. The van der Waals surface area contributed by atoms with Gasteiger partial charge in [-0.15, -0.1) is 5.10 Å². The highest BCUT2D eigenvalue weighted by atomic mass is 35.5. The molecule has 0 saturated heterocycles. The summed E-state index contributed by atoms with van der Waals surface area (Å²) in [5, 5.41) is 9.27. The minimum Gasteiger partial charge on any atom is -0.248 e. The van der Waals surface area contributed by atoms with Crippen molar-refractivity contribution in [3.8, 4) is 0 Å². The highest BCUT2D eigenvalue weighted by Crippen LogP contribution is 2.21. The lowest BCUT2D eigenvalue weighted by Gasteiger charge is -2.09. The molecule has 0 aliphatic heterocycles. The number of hydrogen-bond donors (Lipinski definition) is 0. The standard InChI is InChI=1S/C18H18ClN3/c1-14(16-7-9-17(19)10-8-16)11-18-13-22(21-20-18)12-15-5-3-2-4-6-15/h2-10,13-14H,11-12H2,1H3. The van der Waals surface area contributed by atoms with Gasteiger partial charge in [-0.05, 0) is 35.6 Å². The summed E-state index contributed by atoms with van der Waals surface area (Å²) in [6.45, 7) is 2.95. The van der Waals surface area contributed by atoms with Gasteiger partial charge in [0.05, 0.1) is 12.2 Å². The zero-order valence-electron chi connectivity index (χ0n) is 12.5. The first-order valence-electron chi connectivity index (χ1n) is 7.39. The van der Waals surface area contributed by atoms with Crippen LogP contribution in [0.5, 0.6) is 0 Å². The molecule has 0 fully saturated rings. The van der Waals surface area contributed by atoms with Gasteiger partial charge in [0.1, 0.15) is 0 Å². The minimum atomic E-state index is 0.388. The quantitative estimate of drug-likeness (QED) is 0.702. The molecule has 4 heteroatoms. The van der Waals surface area contributed by atoms with E-state index in [1.54, 1.807) is 0 Å². The molecule has 0 spiro atoms. The van der Waals surface area contributed by atoms with E-state index < -0.39 is 0 Å². The molecule has 22 heavy (non-hydrogen) atoms. The van der Waals surface area contributed by atoms with E-state index in [0.29, 0.717) is 5.92 Å². The van der Waals surface area contributed by atoms with Crippen LogP contribution in [-0.2, 0) is 13.0 Å². The molecule has 0 amide bonds. The Morgan fingerprint density at radius 2 is 1.77 bits per heavy atom. The van der Waals surface area contributed by atoms with Crippen LogP contribution in [0.25, 0.3) is 0 Å². The Labute approximate surface area is 135 Å². The van der Waals surface area contributed by atoms with Crippen molar-refractivity contribution in [3.63, 3.8) is 0 Å². The van der Waals surface area contributed by atoms with Crippen molar-refractivity contribution in [2.45, 2.75) is 25.8 Å². The van der Waals surface area contributed by atoms with Crippen LogP contribution in [0.2, 0.25) is 5.02 Å². The van der Waals surface area contributed by atoms with Gasteiger partial charge in [-0.1, -0.05) is 66.2 Å². The van der Waals surface area contributed by atoms with Gasteiger partial charge < -0.3 is 0 Å². The zero-order chi connectivity index (χ0) is 15.4. The Bertz CT molecular complexity index is 720. The summed E-state index contributed by atoms with van der Waals surface area (Å²) < 4.78 is 1.89. The van der Waals surface area contributed by atoms with Crippen molar-refractivity contribution in [2.24, 2.45) is 0 Å². The summed E-state index contributed by atoms with van der Waals surface area (Å²) in [6.07, 6.45) is 2.90.